The number of ether oxygens (including phenoxy) is 1. The molecule has 0 bridgehead atoms. The summed E-state index contributed by atoms with van der Waals surface area (Å²) in [5, 5.41) is 10.8. The number of nitrogens with one attached hydrogen (secondary N) is 2. The fourth-order valence-corrected chi connectivity index (χ4v) is 6.36. The van der Waals surface area contributed by atoms with E-state index in [0.29, 0.717) is 52.9 Å². The van der Waals surface area contributed by atoms with E-state index in [-0.39, 0.29) is 17.6 Å². The second-order valence-corrected chi connectivity index (χ2v) is 12.7. The quantitative estimate of drug-likeness (QED) is 0.262. The zero-order valence-electron chi connectivity index (χ0n) is 22.0. The zero-order chi connectivity index (χ0) is 26.7. The highest BCUT2D eigenvalue weighted by atomic mass is 31.2. The summed E-state index contributed by atoms with van der Waals surface area (Å²) in [6.07, 6.45) is 4.70. The average molecular weight is 524 g/mol. The van der Waals surface area contributed by atoms with Crippen LogP contribution in [0.4, 0.5) is 17.2 Å². The van der Waals surface area contributed by atoms with E-state index in [0.717, 1.165) is 23.8 Å². The van der Waals surface area contributed by atoms with Crippen LogP contribution in [0.2, 0.25) is 0 Å². The molecule has 196 valence electrons. The molecule has 10 heteroatoms. The minimum absolute atomic E-state index is 0.0333. The number of Topliss-reactive ketones (excluding diaryl/α,β-unsaturated/α-hetero) is 1. The van der Waals surface area contributed by atoms with Gasteiger partial charge in [0.1, 0.15) is 13.0 Å². The highest BCUT2D eigenvalue weighted by molar-refractivity contribution is 7.71. The van der Waals surface area contributed by atoms with Gasteiger partial charge in [-0.2, -0.15) is 5.10 Å². The van der Waals surface area contributed by atoms with Crippen molar-refractivity contribution in [3.63, 3.8) is 0 Å². The molecule has 0 unspecified atom stereocenters. The maximum absolute atomic E-state index is 13.4. The number of para-hydroxylation sites is 1. The van der Waals surface area contributed by atoms with Crippen LogP contribution in [0.25, 0.3) is 11.3 Å². The van der Waals surface area contributed by atoms with Crippen LogP contribution in [0.15, 0.2) is 36.5 Å². The zero-order valence-corrected chi connectivity index (χ0v) is 22.9. The summed E-state index contributed by atoms with van der Waals surface area (Å²) in [7, 11) is 0.843. The maximum Gasteiger partial charge on any atom is 0.228 e. The van der Waals surface area contributed by atoms with Gasteiger partial charge in [0.2, 0.25) is 5.91 Å². The number of carbonyl (C=O) groups is 2. The van der Waals surface area contributed by atoms with Crippen molar-refractivity contribution in [1.82, 2.24) is 14.8 Å². The predicted octanol–water partition coefficient (Wildman–Crippen LogP) is 5.20. The van der Waals surface area contributed by atoms with Gasteiger partial charge in [0.15, 0.2) is 11.5 Å². The van der Waals surface area contributed by atoms with E-state index in [1.165, 1.54) is 6.20 Å². The number of pyridine rings is 1. The topological polar surface area (TPSA) is 115 Å². The van der Waals surface area contributed by atoms with Gasteiger partial charge in [-0.1, -0.05) is 26.8 Å². The number of amides is 1. The van der Waals surface area contributed by atoms with Gasteiger partial charge in [-0.15, -0.1) is 0 Å². The SMILES string of the molecule is CCC(=O)c1cnc(NC(=O)C2CC2)cc1Nc1cccc(-c2cc(P(=O)(CC)CC)n(C)n2)c1OC. The van der Waals surface area contributed by atoms with Crippen LogP contribution < -0.4 is 20.8 Å². The van der Waals surface area contributed by atoms with Crippen LogP contribution in [-0.2, 0) is 16.4 Å². The third-order valence-electron chi connectivity index (χ3n) is 6.78. The lowest BCUT2D eigenvalue weighted by molar-refractivity contribution is -0.117. The average Bonchev–Trinajstić information content (AvgIpc) is 3.69. The molecule has 1 aromatic carbocycles. The van der Waals surface area contributed by atoms with Gasteiger partial charge in [-0.25, -0.2) is 4.98 Å². The molecule has 1 fully saturated rings. The summed E-state index contributed by atoms with van der Waals surface area (Å²) in [4.78, 5) is 29.2. The normalized spacial score (nSPS) is 13.3. The lowest BCUT2D eigenvalue weighted by Crippen LogP contribution is -2.17. The van der Waals surface area contributed by atoms with Gasteiger partial charge in [-0.05, 0) is 31.0 Å². The number of rotatable bonds is 11. The fourth-order valence-electron chi connectivity index (χ4n) is 4.33. The number of methoxy groups -OCH3 is 1. The Labute approximate surface area is 217 Å². The van der Waals surface area contributed by atoms with Crippen LogP contribution in [0.5, 0.6) is 5.75 Å². The van der Waals surface area contributed by atoms with E-state index in [1.54, 1.807) is 24.8 Å². The van der Waals surface area contributed by atoms with Gasteiger partial charge in [-0.3, -0.25) is 14.3 Å². The van der Waals surface area contributed by atoms with Crippen LogP contribution in [-0.4, -0.2) is 45.9 Å². The second-order valence-electron chi connectivity index (χ2n) is 9.20. The number of ketones is 1. The third kappa shape index (κ3) is 5.47. The summed E-state index contributed by atoms with van der Waals surface area (Å²) in [5.41, 5.74) is 3.67. The van der Waals surface area contributed by atoms with E-state index >= 15 is 0 Å². The molecule has 4 rings (SSSR count). The molecule has 37 heavy (non-hydrogen) atoms. The lowest BCUT2D eigenvalue weighted by atomic mass is 10.1. The number of aromatic nitrogens is 3. The van der Waals surface area contributed by atoms with E-state index in [9.17, 15) is 14.2 Å². The monoisotopic (exact) mass is 523 g/mol. The molecule has 0 radical (unpaired) electrons. The Morgan fingerprint density at radius 1 is 1.14 bits per heavy atom. The summed E-state index contributed by atoms with van der Waals surface area (Å²) < 4.78 is 20.9. The predicted molar refractivity (Wildman–Crippen MR) is 147 cm³/mol. The van der Waals surface area contributed by atoms with Crippen molar-refractivity contribution in [2.75, 3.05) is 30.1 Å². The maximum atomic E-state index is 13.4. The second kappa shape index (κ2) is 10.9. The first-order valence-electron chi connectivity index (χ1n) is 12.7. The molecule has 0 spiro atoms. The van der Waals surface area contributed by atoms with Crippen LogP contribution in [0, 0.1) is 5.92 Å². The first-order chi connectivity index (χ1) is 17.7. The van der Waals surface area contributed by atoms with Crippen molar-refractivity contribution < 1.29 is 18.9 Å². The van der Waals surface area contributed by atoms with E-state index < -0.39 is 7.14 Å². The van der Waals surface area contributed by atoms with Crippen molar-refractivity contribution in [3.05, 3.63) is 42.1 Å². The highest BCUT2D eigenvalue weighted by Crippen LogP contribution is 2.45. The Kier molecular flexibility index (Phi) is 7.83. The van der Waals surface area contributed by atoms with E-state index in [1.807, 2.05) is 45.2 Å². The molecular formula is C27H34N5O4P. The van der Waals surface area contributed by atoms with E-state index in [2.05, 4.69) is 20.7 Å². The van der Waals surface area contributed by atoms with Gasteiger partial charge in [0.25, 0.3) is 0 Å². The molecule has 2 N–H and O–H groups in total. The van der Waals surface area contributed by atoms with Crippen LogP contribution in [0.3, 0.4) is 0 Å². The summed E-state index contributed by atoms with van der Waals surface area (Å²) in [6, 6.07) is 9.15. The van der Waals surface area contributed by atoms with Crippen LogP contribution >= 0.6 is 7.14 Å². The number of nitrogens with zero attached hydrogens (tertiary/aromatic N) is 3. The van der Waals surface area contributed by atoms with Gasteiger partial charge in [0.05, 0.1) is 35.2 Å². The Morgan fingerprint density at radius 2 is 1.86 bits per heavy atom. The molecule has 0 atom stereocenters. The Morgan fingerprint density at radius 3 is 2.49 bits per heavy atom. The first kappa shape index (κ1) is 26.6. The van der Waals surface area contributed by atoms with Crippen molar-refractivity contribution in [2.45, 2.75) is 40.0 Å². The molecular weight excluding hydrogens is 489 g/mol. The fraction of sp³-hybridized carbons (Fsp3) is 0.407. The Hall–Kier alpha value is -3.45. The van der Waals surface area contributed by atoms with Crippen LogP contribution in [0.1, 0.15) is 50.4 Å². The van der Waals surface area contributed by atoms with E-state index in [4.69, 9.17) is 4.74 Å². The van der Waals surface area contributed by atoms with Gasteiger partial charge >= 0.3 is 0 Å². The van der Waals surface area contributed by atoms with Crippen molar-refractivity contribution >= 4 is 41.5 Å². The molecule has 2 heterocycles. The Balaban J connectivity index is 1.74. The molecule has 9 nitrogen and oxygen atoms in total. The van der Waals surface area contributed by atoms with Crippen molar-refractivity contribution in [3.8, 4) is 17.0 Å². The number of anilines is 3. The standard InChI is InChI=1S/C27H34N5O4P/c1-6-23(33)19-16-28-24(30-27(34)17-12-13-17)14-21(19)29-20-11-9-10-18(26(20)36-5)22-15-25(32(4)31-22)37(35,7-2)8-3/h9-11,14-17H,6-8,12-13H2,1-5H3,(H2,28,29,30,34). The number of benzene rings is 1. The third-order valence-corrected chi connectivity index (χ3v) is 10.1. The minimum atomic E-state index is -2.54. The lowest BCUT2D eigenvalue weighted by Gasteiger charge is -2.17. The van der Waals surface area contributed by atoms with Gasteiger partial charge in [0, 0.05) is 49.5 Å². The molecule has 3 aromatic rings. The highest BCUT2D eigenvalue weighted by Gasteiger charge is 2.30. The summed E-state index contributed by atoms with van der Waals surface area (Å²) in [5.74, 6) is 0.812. The van der Waals surface area contributed by atoms with Crippen molar-refractivity contribution in [2.24, 2.45) is 13.0 Å². The molecule has 1 amide bonds. The number of aryl methyl sites for hydroxylation is 1. The Bertz CT molecular complexity index is 1370. The molecule has 2 aromatic heterocycles. The number of hydrogen-bond donors (Lipinski definition) is 2. The molecule has 1 aliphatic carbocycles. The number of hydrogen-bond acceptors (Lipinski definition) is 7. The molecule has 1 aliphatic rings. The number of carbonyl (C=O) groups excluding carboxylic acids is 2. The largest absolute Gasteiger partial charge is 0.494 e. The van der Waals surface area contributed by atoms with Crippen molar-refractivity contribution in [1.29, 1.82) is 0 Å². The molecule has 0 saturated heterocycles. The molecule has 0 aliphatic heterocycles. The first-order valence-corrected chi connectivity index (χ1v) is 14.7. The summed E-state index contributed by atoms with van der Waals surface area (Å²) >= 11 is 0. The smallest absolute Gasteiger partial charge is 0.228 e. The minimum Gasteiger partial charge on any atom is -0.494 e. The molecule has 1 saturated carbocycles. The summed E-state index contributed by atoms with van der Waals surface area (Å²) in [6.45, 7) is 5.67. The van der Waals surface area contributed by atoms with Gasteiger partial charge < -0.3 is 19.9 Å².